The molecule has 21 heavy (non-hydrogen) atoms. The van der Waals surface area contributed by atoms with Crippen molar-refractivity contribution >= 4 is 11.6 Å². The first-order valence-corrected chi connectivity index (χ1v) is 7.40. The molecular weight excluding hydrogens is 266 g/mol. The van der Waals surface area contributed by atoms with Gasteiger partial charge >= 0.3 is 0 Å². The van der Waals surface area contributed by atoms with E-state index in [0.29, 0.717) is 0 Å². The summed E-state index contributed by atoms with van der Waals surface area (Å²) in [6.07, 6.45) is 4.60. The van der Waals surface area contributed by atoms with Crippen molar-refractivity contribution in [2.45, 2.75) is 12.5 Å². The van der Waals surface area contributed by atoms with Crippen LogP contribution in [0.2, 0.25) is 0 Å². The number of carbonyl (C=O) groups is 1. The SMILES string of the molecule is NC1C=CC(C(=O)N2CCN(c3ccc(O)cc3)CC2)C1. The molecule has 112 valence electrons. The highest BCUT2D eigenvalue weighted by atomic mass is 16.3. The average molecular weight is 287 g/mol. The summed E-state index contributed by atoms with van der Waals surface area (Å²) in [5, 5.41) is 9.32. The minimum Gasteiger partial charge on any atom is -0.508 e. The number of rotatable bonds is 2. The molecule has 5 heteroatoms. The lowest BCUT2D eigenvalue weighted by molar-refractivity contribution is -0.134. The third kappa shape index (κ3) is 3.03. The molecule has 0 aromatic heterocycles. The van der Waals surface area contributed by atoms with Crippen LogP contribution in [-0.4, -0.2) is 48.1 Å². The van der Waals surface area contributed by atoms with Crippen LogP contribution in [0.25, 0.3) is 0 Å². The van der Waals surface area contributed by atoms with E-state index in [1.165, 1.54) is 0 Å². The molecule has 3 rings (SSSR count). The third-order valence-corrected chi connectivity index (χ3v) is 4.24. The minimum atomic E-state index is -0.0415. The summed E-state index contributed by atoms with van der Waals surface area (Å²) >= 11 is 0. The molecule has 0 bridgehead atoms. The van der Waals surface area contributed by atoms with Gasteiger partial charge in [-0.05, 0) is 30.7 Å². The molecule has 1 aliphatic carbocycles. The fraction of sp³-hybridized carbons (Fsp3) is 0.438. The number of aromatic hydroxyl groups is 1. The van der Waals surface area contributed by atoms with Gasteiger partial charge in [0.15, 0.2) is 0 Å². The smallest absolute Gasteiger partial charge is 0.229 e. The summed E-state index contributed by atoms with van der Waals surface area (Å²) in [5.74, 6) is 0.432. The van der Waals surface area contributed by atoms with Gasteiger partial charge in [0.25, 0.3) is 0 Å². The van der Waals surface area contributed by atoms with Crippen LogP contribution in [0.3, 0.4) is 0 Å². The Bertz CT molecular complexity index is 533. The summed E-state index contributed by atoms with van der Waals surface area (Å²) in [4.78, 5) is 16.6. The molecular formula is C16H21N3O2. The van der Waals surface area contributed by atoms with Gasteiger partial charge in [-0.3, -0.25) is 4.79 Å². The fourth-order valence-electron chi connectivity index (χ4n) is 2.99. The van der Waals surface area contributed by atoms with Crippen LogP contribution in [0.1, 0.15) is 6.42 Å². The quantitative estimate of drug-likeness (QED) is 0.794. The Morgan fingerprint density at radius 2 is 1.76 bits per heavy atom. The van der Waals surface area contributed by atoms with Gasteiger partial charge in [0.1, 0.15) is 5.75 Å². The highest BCUT2D eigenvalue weighted by Crippen LogP contribution is 2.22. The molecule has 1 aromatic carbocycles. The van der Waals surface area contributed by atoms with Crippen molar-refractivity contribution in [3.63, 3.8) is 0 Å². The molecule has 1 aliphatic heterocycles. The van der Waals surface area contributed by atoms with Gasteiger partial charge < -0.3 is 20.6 Å². The minimum absolute atomic E-state index is 0.0252. The number of hydrogen-bond donors (Lipinski definition) is 2. The second kappa shape index (κ2) is 5.77. The Morgan fingerprint density at radius 3 is 2.33 bits per heavy atom. The lowest BCUT2D eigenvalue weighted by Crippen LogP contribution is -2.50. The number of carbonyl (C=O) groups excluding carboxylic acids is 1. The first kappa shape index (κ1) is 13.9. The molecule has 2 atom stereocenters. The van der Waals surface area contributed by atoms with Crippen LogP contribution in [-0.2, 0) is 4.79 Å². The molecule has 2 aliphatic rings. The molecule has 5 nitrogen and oxygen atoms in total. The molecule has 1 amide bonds. The highest BCUT2D eigenvalue weighted by Gasteiger charge is 2.29. The van der Waals surface area contributed by atoms with Gasteiger partial charge in [-0.1, -0.05) is 12.2 Å². The van der Waals surface area contributed by atoms with E-state index in [4.69, 9.17) is 5.73 Å². The number of phenolic OH excluding ortho intramolecular Hbond substituents is 1. The van der Waals surface area contributed by atoms with Crippen LogP contribution >= 0.6 is 0 Å². The van der Waals surface area contributed by atoms with E-state index in [2.05, 4.69) is 4.90 Å². The number of amides is 1. The van der Waals surface area contributed by atoms with Crippen molar-refractivity contribution in [2.24, 2.45) is 11.7 Å². The fourth-order valence-corrected chi connectivity index (χ4v) is 2.99. The Kier molecular flexibility index (Phi) is 3.84. The zero-order valence-corrected chi connectivity index (χ0v) is 12.0. The summed E-state index contributed by atoms with van der Waals surface area (Å²) < 4.78 is 0. The van der Waals surface area contributed by atoms with Crippen molar-refractivity contribution in [3.8, 4) is 5.75 Å². The van der Waals surface area contributed by atoms with E-state index in [9.17, 15) is 9.90 Å². The van der Waals surface area contributed by atoms with E-state index < -0.39 is 0 Å². The number of nitrogens with zero attached hydrogens (tertiary/aromatic N) is 2. The van der Waals surface area contributed by atoms with Crippen LogP contribution in [0.5, 0.6) is 5.75 Å². The second-order valence-corrected chi connectivity index (χ2v) is 5.72. The summed E-state index contributed by atoms with van der Waals surface area (Å²) in [6, 6.07) is 7.23. The van der Waals surface area contributed by atoms with E-state index in [1.807, 2.05) is 29.2 Å². The molecule has 1 saturated heterocycles. The molecule has 1 aromatic rings. The molecule has 1 fully saturated rings. The third-order valence-electron chi connectivity index (χ3n) is 4.24. The van der Waals surface area contributed by atoms with Crippen molar-refractivity contribution in [1.29, 1.82) is 0 Å². The van der Waals surface area contributed by atoms with E-state index in [-0.39, 0.29) is 23.6 Å². The molecule has 0 spiro atoms. The highest BCUT2D eigenvalue weighted by molar-refractivity contribution is 5.81. The van der Waals surface area contributed by atoms with Gasteiger partial charge in [-0.2, -0.15) is 0 Å². The summed E-state index contributed by atoms with van der Waals surface area (Å²) in [7, 11) is 0. The number of hydrogen-bond acceptors (Lipinski definition) is 4. The topological polar surface area (TPSA) is 69.8 Å². The summed E-state index contributed by atoms with van der Waals surface area (Å²) in [5.41, 5.74) is 6.90. The van der Waals surface area contributed by atoms with Crippen LogP contribution in [0, 0.1) is 5.92 Å². The summed E-state index contributed by atoms with van der Waals surface area (Å²) in [6.45, 7) is 3.11. The van der Waals surface area contributed by atoms with Crippen molar-refractivity contribution in [3.05, 3.63) is 36.4 Å². The standard InChI is InChI=1S/C16H21N3O2/c17-13-2-1-12(11-13)16(21)19-9-7-18(8-10-19)14-3-5-15(20)6-4-14/h1-6,12-13,20H,7-11,17H2. The molecule has 2 unspecified atom stereocenters. The van der Waals surface area contributed by atoms with Crippen molar-refractivity contribution < 1.29 is 9.90 Å². The van der Waals surface area contributed by atoms with Gasteiger partial charge in [-0.25, -0.2) is 0 Å². The van der Waals surface area contributed by atoms with E-state index in [1.54, 1.807) is 12.1 Å². The Balaban J connectivity index is 1.56. The van der Waals surface area contributed by atoms with Crippen LogP contribution < -0.4 is 10.6 Å². The first-order valence-electron chi connectivity index (χ1n) is 7.40. The molecule has 0 saturated carbocycles. The van der Waals surface area contributed by atoms with Gasteiger partial charge in [0.05, 0.1) is 5.92 Å². The zero-order valence-electron chi connectivity index (χ0n) is 12.0. The van der Waals surface area contributed by atoms with Crippen LogP contribution in [0.4, 0.5) is 5.69 Å². The van der Waals surface area contributed by atoms with E-state index >= 15 is 0 Å². The Labute approximate surface area is 124 Å². The molecule has 3 N–H and O–H groups in total. The molecule has 0 radical (unpaired) electrons. The number of benzene rings is 1. The predicted molar refractivity (Wildman–Crippen MR) is 82.1 cm³/mol. The maximum absolute atomic E-state index is 12.4. The second-order valence-electron chi connectivity index (χ2n) is 5.72. The normalized spacial score (nSPS) is 25.4. The number of piperazine rings is 1. The predicted octanol–water partition coefficient (Wildman–Crippen LogP) is 0.944. The van der Waals surface area contributed by atoms with Crippen molar-refractivity contribution in [1.82, 2.24) is 4.90 Å². The van der Waals surface area contributed by atoms with Gasteiger partial charge in [0, 0.05) is 37.9 Å². The number of anilines is 1. The first-order chi connectivity index (χ1) is 10.1. The lowest BCUT2D eigenvalue weighted by atomic mass is 10.1. The lowest BCUT2D eigenvalue weighted by Gasteiger charge is -2.37. The largest absolute Gasteiger partial charge is 0.508 e. The maximum Gasteiger partial charge on any atom is 0.229 e. The Hall–Kier alpha value is -2.01. The monoisotopic (exact) mass is 287 g/mol. The maximum atomic E-state index is 12.4. The van der Waals surface area contributed by atoms with Crippen molar-refractivity contribution in [2.75, 3.05) is 31.1 Å². The zero-order chi connectivity index (χ0) is 14.8. The van der Waals surface area contributed by atoms with Crippen LogP contribution in [0.15, 0.2) is 36.4 Å². The number of phenols is 1. The average Bonchev–Trinajstić information content (AvgIpc) is 2.94. The number of nitrogens with two attached hydrogens (primary N) is 1. The molecule has 1 heterocycles. The Morgan fingerprint density at radius 1 is 1.10 bits per heavy atom. The van der Waals surface area contributed by atoms with Gasteiger partial charge in [-0.15, -0.1) is 0 Å². The van der Waals surface area contributed by atoms with Gasteiger partial charge in [0.2, 0.25) is 5.91 Å². The van der Waals surface area contributed by atoms with E-state index in [0.717, 1.165) is 38.3 Å².